The van der Waals surface area contributed by atoms with Gasteiger partial charge >= 0.3 is 0 Å². The van der Waals surface area contributed by atoms with Crippen LogP contribution in [0.5, 0.6) is 23.0 Å². The number of benzene rings is 3. The zero-order chi connectivity index (χ0) is 24.5. The van der Waals surface area contributed by atoms with Gasteiger partial charge in [-0.2, -0.15) is 0 Å². The Kier molecular flexibility index (Phi) is 8.68. The van der Waals surface area contributed by atoms with Gasteiger partial charge in [0.1, 0.15) is 28.2 Å². The molecule has 0 radical (unpaired) electrons. The third-order valence-electron chi connectivity index (χ3n) is 5.44. The molecule has 182 valence electrons. The maximum Gasteiger partial charge on any atom is 0.286 e. The summed E-state index contributed by atoms with van der Waals surface area (Å²) in [5, 5.41) is 1.49. The van der Waals surface area contributed by atoms with Gasteiger partial charge in [-0.1, -0.05) is 43.7 Å². The molecule has 7 heteroatoms. The third-order valence-corrected chi connectivity index (χ3v) is 6.48. The van der Waals surface area contributed by atoms with Crippen LogP contribution in [-0.2, 0) is 11.2 Å². The van der Waals surface area contributed by atoms with Gasteiger partial charge in [-0.25, -0.2) is 0 Å². The smallest absolute Gasteiger partial charge is 0.286 e. The molecule has 0 unspecified atom stereocenters. The van der Waals surface area contributed by atoms with Crippen molar-refractivity contribution < 1.29 is 23.8 Å². The predicted octanol–water partition coefficient (Wildman–Crippen LogP) is 6.69. The van der Waals surface area contributed by atoms with Gasteiger partial charge in [-0.05, 0) is 84.6 Å². The number of rotatable bonds is 12. The molecule has 0 aliphatic carbocycles. The van der Waals surface area contributed by atoms with Crippen LogP contribution >= 0.6 is 11.8 Å². The molecule has 0 spiro atoms. The minimum Gasteiger partial charge on any atom is -0.494 e. The van der Waals surface area contributed by atoms with Gasteiger partial charge < -0.3 is 14.2 Å². The van der Waals surface area contributed by atoms with E-state index >= 15 is 0 Å². The summed E-state index contributed by atoms with van der Waals surface area (Å²) >= 11 is 0.994. The minimum absolute atomic E-state index is 0.281. The van der Waals surface area contributed by atoms with Crippen LogP contribution in [0.25, 0.3) is 0 Å². The maximum absolute atomic E-state index is 11.9. The number of unbranched alkanes of at least 4 members (excludes halogenated alkanes) is 1. The predicted molar refractivity (Wildman–Crippen MR) is 137 cm³/mol. The van der Waals surface area contributed by atoms with Gasteiger partial charge in [0.05, 0.1) is 13.2 Å². The van der Waals surface area contributed by atoms with Gasteiger partial charge in [0.2, 0.25) is 5.91 Å². The van der Waals surface area contributed by atoms with Crippen LogP contribution in [0.15, 0.2) is 72.8 Å². The van der Waals surface area contributed by atoms with Crippen LogP contribution in [-0.4, -0.2) is 24.4 Å². The molecular formula is C28H29NO5S. The number of imide groups is 1. The Bertz CT molecular complexity index is 1150. The van der Waals surface area contributed by atoms with Gasteiger partial charge in [0.25, 0.3) is 5.24 Å². The van der Waals surface area contributed by atoms with Crippen LogP contribution in [0, 0.1) is 0 Å². The molecule has 2 amide bonds. The van der Waals surface area contributed by atoms with Gasteiger partial charge in [-0.15, -0.1) is 0 Å². The summed E-state index contributed by atoms with van der Waals surface area (Å²) in [5.74, 6) is 2.92. The summed E-state index contributed by atoms with van der Waals surface area (Å²) in [7, 11) is 0. The number of ether oxygens (including phenoxy) is 3. The van der Waals surface area contributed by atoms with Gasteiger partial charge in [0.15, 0.2) is 0 Å². The third kappa shape index (κ3) is 7.02. The molecule has 0 aromatic heterocycles. The molecule has 1 aliphatic heterocycles. The average molecular weight is 492 g/mol. The molecule has 0 bridgehead atoms. The first-order valence-corrected chi connectivity index (χ1v) is 12.7. The second-order valence-corrected chi connectivity index (χ2v) is 9.26. The molecule has 3 aromatic carbocycles. The van der Waals surface area contributed by atoms with Crippen molar-refractivity contribution in [1.82, 2.24) is 5.32 Å². The second-order valence-electron chi connectivity index (χ2n) is 8.19. The van der Waals surface area contributed by atoms with Crippen molar-refractivity contribution in [1.29, 1.82) is 0 Å². The largest absolute Gasteiger partial charge is 0.494 e. The number of nitrogens with one attached hydrogen (secondary N) is 1. The number of amides is 2. The summed E-state index contributed by atoms with van der Waals surface area (Å²) in [5.41, 5.74) is 1.91. The van der Waals surface area contributed by atoms with Gasteiger partial charge in [-0.3, -0.25) is 14.9 Å². The first kappa shape index (κ1) is 24.7. The standard InChI is InChI=1S/C28H29NO5S/c1-2-9-20-18-24(34-22-11-4-3-5-12-22)14-15-25(20)33-17-7-6-16-32-23-13-8-10-21(19-23)26-27(30)29-28(31)35-26/h3-5,8,10-15,18-19,26H,2,6-7,9,16-17H2,1H3,(H,29,30,31)/t26-/m1/s1. The van der Waals surface area contributed by atoms with Crippen molar-refractivity contribution in [2.75, 3.05) is 13.2 Å². The summed E-state index contributed by atoms with van der Waals surface area (Å²) in [6.07, 6.45) is 3.62. The van der Waals surface area contributed by atoms with E-state index in [2.05, 4.69) is 18.3 Å². The summed E-state index contributed by atoms with van der Waals surface area (Å²) in [6, 6.07) is 23.1. The maximum atomic E-state index is 11.9. The molecule has 1 aliphatic rings. The SMILES string of the molecule is CCCc1cc(Oc2ccccc2)ccc1OCCCCOc1cccc([C@H]2SC(=O)NC2=O)c1. The Morgan fingerprint density at radius 3 is 2.34 bits per heavy atom. The van der Waals surface area contributed by atoms with E-state index in [1.807, 2.05) is 66.7 Å². The van der Waals surface area contributed by atoms with Gasteiger partial charge in [0, 0.05) is 0 Å². The summed E-state index contributed by atoms with van der Waals surface area (Å²) in [4.78, 5) is 23.3. The lowest BCUT2D eigenvalue weighted by Gasteiger charge is -2.14. The average Bonchev–Trinajstić information content (AvgIpc) is 3.21. The van der Waals surface area contributed by atoms with Crippen LogP contribution in [0.4, 0.5) is 4.79 Å². The highest BCUT2D eigenvalue weighted by Crippen LogP contribution is 2.35. The van der Waals surface area contributed by atoms with Crippen molar-refractivity contribution in [2.45, 2.75) is 37.9 Å². The van der Waals surface area contributed by atoms with E-state index in [4.69, 9.17) is 14.2 Å². The van der Waals surface area contributed by atoms with Crippen LogP contribution in [0.1, 0.15) is 42.6 Å². The first-order chi connectivity index (χ1) is 17.1. The summed E-state index contributed by atoms with van der Waals surface area (Å²) in [6.45, 7) is 3.29. The van der Waals surface area contributed by atoms with Crippen LogP contribution < -0.4 is 19.5 Å². The highest BCUT2D eigenvalue weighted by atomic mass is 32.2. The van der Waals surface area contributed by atoms with E-state index in [0.29, 0.717) is 19.0 Å². The van der Waals surface area contributed by atoms with E-state index in [0.717, 1.165) is 65.8 Å². The van der Waals surface area contributed by atoms with E-state index < -0.39 is 5.25 Å². The first-order valence-electron chi connectivity index (χ1n) is 11.9. The quantitative estimate of drug-likeness (QED) is 0.284. The molecule has 1 N–H and O–H groups in total. The number of carbonyl (C=O) groups is 2. The second kappa shape index (κ2) is 12.3. The number of thioether (sulfide) groups is 1. The number of hydrogen-bond acceptors (Lipinski definition) is 6. The molecule has 3 aromatic rings. The molecule has 6 nitrogen and oxygen atoms in total. The van der Waals surface area contributed by atoms with Crippen LogP contribution in [0.3, 0.4) is 0 Å². The van der Waals surface area contributed by atoms with Crippen molar-refractivity contribution >= 4 is 22.9 Å². The van der Waals surface area contributed by atoms with E-state index in [9.17, 15) is 9.59 Å². The fraction of sp³-hybridized carbons (Fsp3) is 0.286. The lowest BCUT2D eigenvalue weighted by Crippen LogP contribution is -2.20. The molecule has 4 rings (SSSR count). The molecule has 1 saturated heterocycles. The lowest BCUT2D eigenvalue weighted by molar-refractivity contribution is -0.119. The van der Waals surface area contributed by atoms with Crippen molar-refractivity contribution in [3.63, 3.8) is 0 Å². The Hall–Kier alpha value is -3.45. The minimum atomic E-state index is -0.513. The Morgan fingerprint density at radius 1 is 0.829 bits per heavy atom. The van der Waals surface area contributed by atoms with E-state index in [1.165, 1.54) is 0 Å². The molecular weight excluding hydrogens is 462 g/mol. The fourth-order valence-corrected chi connectivity index (χ4v) is 4.59. The molecule has 1 atom stereocenters. The fourth-order valence-electron chi connectivity index (χ4n) is 3.77. The Balaban J connectivity index is 1.23. The highest BCUT2D eigenvalue weighted by Gasteiger charge is 2.32. The molecule has 35 heavy (non-hydrogen) atoms. The van der Waals surface area contributed by atoms with Crippen molar-refractivity contribution in [3.8, 4) is 23.0 Å². The topological polar surface area (TPSA) is 73.9 Å². The molecule has 1 fully saturated rings. The number of hydrogen-bond donors (Lipinski definition) is 1. The van der Waals surface area contributed by atoms with E-state index in [-0.39, 0.29) is 11.1 Å². The van der Waals surface area contributed by atoms with E-state index in [1.54, 1.807) is 0 Å². The lowest BCUT2D eigenvalue weighted by atomic mass is 10.1. The zero-order valence-corrected chi connectivity index (χ0v) is 20.5. The van der Waals surface area contributed by atoms with Crippen molar-refractivity contribution in [3.05, 3.63) is 83.9 Å². The zero-order valence-electron chi connectivity index (χ0n) is 19.7. The number of carbonyl (C=O) groups excluding carboxylic acids is 2. The van der Waals surface area contributed by atoms with Crippen LogP contribution in [0.2, 0.25) is 0 Å². The molecule has 0 saturated carbocycles. The highest BCUT2D eigenvalue weighted by molar-refractivity contribution is 8.15. The number of para-hydroxylation sites is 1. The Morgan fingerprint density at radius 2 is 1.60 bits per heavy atom. The summed E-state index contributed by atoms with van der Waals surface area (Å²) < 4.78 is 17.9. The monoisotopic (exact) mass is 491 g/mol. The molecule has 1 heterocycles. The Labute approximate surface area is 210 Å². The normalized spacial score (nSPS) is 15.1. The number of aryl methyl sites for hydroxylation is 1. The van der Waals surface area contributed by atoms with Crippen molar-refractivity contribution in [2.24, 2.45) is 0 Å².